The Bertz CT molecular complexity index is 1110. The number of anilines is 1. The van der Waals surface area contributed by atoms with Gasteiger partial charge < -0.3 is 5.32 Å². The van der Waals surface area contributed by atoms with Gasteiger partial charge in [-0.3, -0.25) is 9.48 Å². The Labute approximate surface area is 169 Å². The first-order valence-corrected chi connectivity index (χ1v) is 10.7. The van der Waals surface area contributed by atoms with Gasteiger partial charge in [0.1, 0.15) is 0 Å². The van der Waals surface area contributed by atoms with Gasteiger partial charge in [0.15, 0.2) is 9.84 Å². The van der Waals surface area contributed by atoms with Crippen LogP contribution in [0.4, 0.5) is 5.69 Å². The fourth-order valence-electron chi connectivity index (χ4n) is 2.77. The van der Waals surface area contributed by atoms with Gasteiger partial charge in [-0.2, -0.15) is 5.10 Å². The summed E-state index contributed by atoms with van der Waals surface area (Å²) in [6, 6.07) is 11.7. The van der Waals surface area contributed by atoms with E-state index in [2.05, 4.69) is 10.4 Å². The molecule has 0 atom stereocenters. The van der Waals surface area contributed by atoms with Gasteiger partial charge in [-0.25, -0.2) is 8.42 Å². The van der Waals surface area contributed by atoms with Crippen molar-refractivity contribution in [2.75, 3.05) is 11.1 Å². The molecule has 0 aliphatic carbocycles. The number of sulfone groups is 1. The lowest BCUT2D eigenvalue weighted by Crippen LogP contribution is -2.14. The molecule has 2 aromatic carbocycles. The van der Waals surface area contributed by atoms with E-state index in [9.17, 15) is 13.2 Å². The van der Waals surface area contributed by atoms with Crippen LogP contribution in [0.5, 0.6) is 0 Å². The van der Waals surface area contributed by atoms with Crippen LogP contribution in [-0.4, -0.2) is 29.9 Å². The third-order valence-electron chi connectivity index (χ3n) is 4.25. The summed E-state index contributed by atoms with van der Waals surface area (Å²) in [4.78, 5) is 12.7. The zero-order valence-corrected chi connectivity index (χ0v) is 17.1. The number of aromatic nitrogens is 2. The fraction of sp³-hybridized carbons (Fsp3) is 0.200. The summed E-state index contributed by atoms with van der Waals surface area (Å²) in [5.41, 5.74) is 3.06. The molecule has 3 rings (SSSR count). The fourth-order valence-corrected chi connectivity index (χ4v) is 3.89. The molecule has 0 unspecified atom stereocenters. The van der Waals surface area contributed by atoms with Crippen LogP contribution in [0.2, 0.25) is 5.02 Å². The van der Waals surface area contributed by atoms with Crippen molar-refractivity contribution in [3.63, 3.8) is 0 Å². The molecule has 0 radical (unpaired) electrons. The summed E-state index contributed by atoms with van der Waals surface area (Å²) in [6.45, 7) is 1.60. The average Bonchev–Trinajstić information content (AvgIpc) is 3.08. The van der Waals surface area contributed by atoms with Crippen molar-refractivity contribution < 1.29 is 13.2 Å². The highest BCUT2D eigenvalue weighted by molar-refractivity contribution is 7.91. The summed E-state index contributed by atoms with van der Waals surface area (Å²) in [7, 11) is -1.42. The van der Waals surface area contributed by atoms with Crippen molar-refractivity contribution in [1.82, 2.24) is 9.78 Å². The zero-order valence-electron chi connectivity index (χ0n) is 15.5. The highest BCUT2D eigenvalue weighted by Crippen LogP contribution is 2.27. The Morgan fingerprint density at radius 1 is 1.14 bits per heavy atom. The maximum Gasteiger partial charge on any atom is 0.228 e. The molecular weight excluding hydrogens is 398 g/mol. The first-order valence-electron chi connectivity index (χ1n) is 8.68. The number of hydrogen-bond acceptors (Lipinski definition) is 4. The molecule has 1 aromatic heterocycles. The lowest BCUT2D eigenvalue weighted by atomic mass is 10.1. The molecule has 0 aliphatic rings. The lowest BCUT2D eigenvalue weighted by molar-refractivity contribution is -0.115. The Kier molecular flexibility index (Phi) is 5.86. The quantitative estimate of drug-likeness (QED) is 0.662. The lowest BCUT2D eigenvalue weighted by Gasteiger charge is -2.09. The maximum atomic E-state index is 12.4. The standard InChI is InChI=1S/C20H20ClN3O3S/c1-3-28(26,27)19-6-4-14(5-7-19)8-20(25)23-18-10-15(9-17(21)11-18)16-12-22-24(2)13-16/h4-7,9-13H,3,8H2,1-2H3,(H,23,25). The van der Waals surface area contributed by atoms with E-state index >= 15 is 0 Å². The minimum absolute atomic E-state index is 0.0425. The van der Waals surface area contributed by atoms with Gasteiger partial charge >= 0.3 is 0 Å². The number of carbonyl (C=O) groups is 1. The van der Waals surface area contributed by atoms with Crippen molar-refractivity contribution >= 4 is 33.0 Å². The Morgan fingerprint density at radius 3 is 2.46 bits per heavy atom. The first-order chi connectivity index (χ1) is 13.3. The van der Waals surface area contributed by atoms with Crippen LogP contribution < -0.4 is 5.32 Å². The summed E-state index contributed by atoms with van der Waals surface area (Å²) >= 11 is 6.19. The van der Waals surface area contributed by atoms with Crippen molar-refractivity contribution in [2.24, 2.45) is 7.05 Å². The Morgan fingerprint density at radius 2 is 1.86 bits per heavy atom. The molecule has 0 spiro atoms. The highest BCUT2D eigenvalue weighted by atomic mass is 35.5. The molecule has 0 saturated carbocycles. The van der Waals surface area contributed by atoms with Crippen molar-refractivity contribution in [2.45, 2.75) is 18.2 Å². The minimum Gasteiger partial charge on any atom is -0.326 e. The second kappa shape index (κ2) is 8.16. The predicted molar refractivity (Wildman–Crippen MR) is 110 cm³/mol. The number of carbonyl (C=O) groups excluding carboxylic acids is 1. The van der Waals surface area contributed by atoms with Crippen LogP contribution in [0, 0.1) is 0 Å². The van der Waals surface area contributed by atoms with Gasteiger partial charge in [-0.1, -0.05) is 30.7 Å². The normalized spacial score (nSPS) is 11.4. The average molecular weight is 418 g/mol. The van der Waals surface area contributed by atoms with Gasteiger partial charge in [0.25, 0.3) is 0 Å². The molecule has 0 saturated heterocycles. The van der Waals surface area contributed by atoms with Crippen LogP contribution in [0.25, 0.3) is 11.1 Å². The number of benzene rings is 2. The number of halogens is 1. The second-order valence-corrected chi connectivity index (χ2v) is 9.12. The molecule has 8 heteroatoms. The number of hydrogen-bond donors (Lipinski definition) is 1. The number of amides is 1. The van der Waals surface area contributed by atoms with E-state index in [1.54, 1.807) is 42.1 Å². The van der Waals surface area contributed by atoms with Crippen molar-refractivity contribution in [3.05, 3.63) is 65.4 Å². The molecule has 1 N–H and O–H groups in total. The first kappa shape index (κ1) is 20.1. The smallest absolute Gasteiger partial charge is 0.228 e. The predicted octanol–water partition coefficient (Wildman–Crippen LogP) is 3.72. The van der Waals surface area contributed by atoms with E-state index in [1.807, 2.05) is 19.3 Å². The Hall–Kier alpha value is -2.64. The molecule has 1 amide bonds. The van der Waals surface area contributed by atoms with Gasteiger partial charge in [-0.05, 0) is 41.5 Å². The monoisotopic (exact) mass is 417 g/mol. The third kappa shape index (κ3) is 4.79. The number of aryl methyl sites for hydroxylation is 1. The van der Waals surface area contributed by atoms with Crippen LogP contribution in [0.15, 0.2) is 59.8 Å². The molecule has 146 valence electrons. The minimum atomic E-state index is -3.25. The van der Waals surface area contributed by atoms with Crippen LogP contribution in [0.1, 0.15) is 12.5 Å². The molecule has 0 bridgehead atoms. The molecule has 6 nitrogen and oxygen atoms in total. The molecule has 0 fully saturated rings. The van der Waals surface area contributed by atoms with E-state index in [-0.39, 0.29) is 23.0 Å². The summed E-state index contributed by atoms with van der Waals surface area (Å²) < 4.78 is 25.4. The van der Waals surface area contributed by atoms with E-state index in [0.29, 0.717) is 10.7 Å². The summed E-state index contributed by atoms with van der Waals surface area (Å²) in [5.74, 6) is -0.175. The van der Waals surface area contributed by atoms with Crippen molar-refractivity contribution in [3.8, 4) is 11.1 Å². The highest BCUT2D eigenvalue weighted by Gasteiger charge is 2.12. The third-order valence-corrected chi connectivity index (χ3v) is 6.22. The molecular formula is C20H20ClN3O3S. The van der Waals surface area contributed by atoms with E-state index in [0.717, 1.165) is 16.7 Å². The van der Waals surface area contributed by atoms with Crippen LogP contribution in [-0.2, 0) is 28.1 Å². The SMILES string of the molecule is CCS(=O)(=O)c1ccc(CC(=O)Nc2cc(Cl)cc(-c3cnn(C)c3)c2)cc1. The topological polar surface area (TPSA) is 81.1 Å². The molecule has 3 aromatic rings. The number of rotatable bonds is 6. The number of nitrogens with zero attached hydrogens (tertiary/aromatic N) is 2. The molecule has 28 heavy (non-hydrogen) atoms. The Balaban J connectivity index is 1.72. The number of nitrogens with one attached hydrogen (secondary N) is 1. The summed E-state index contributed by atoms with van der Waals surface area (Å²) in [6.07, 6.45) is 3.72. The zero-order chi connectivity index (χ0) is 20.3. The second-order valence-electron chi connectivity index (χ2n) is 6.40. The van der Waals surface area contributed by atoms with E-state index in [4.69, 9.17) is 11.6 Å². The molecule has 0 aliphatic heterocycles. The van der Waals surface area contributed by atoms with Gasteiger partial charge in [-0.15, -0.1) is 0 Å². The van der Waals surface area contributed by atoms with Gasteiger partial charge in [0, 0.05) is 29.5 Å². The van der Waals surface area contributed by atoms with E-state index in [1.165, 1.54) is 12.1 Å². The van der Waals surface area contributed by atoms with Gasteiger partial charge in [0.05, 0.1) is 23.3 Å². The van der Waals surface area contributed by atoms with Crippen molar-refractivity contribution in [1.29, 1.82) is 0 Å². The largest absolute Gasteiger partial charge is 0.326 e. The van der Waals surface area contributed by atoms with Crippen LogP contribution in [0.3, 0.4) is 0 Å². The maximum absolute atomic E-state index is 12.4. The summed E-state index contributed by atoms with van der Waals surface area (Å²) in [5, 5.41) is 7.48. The van der Waals surface area contributed by atoms with Crippen LogP contribution >= 0.6 is 11.6 Å². The molecule has 1 heterocycles. The van der Waals surface area contributed by atoms with E-state index < -0.39 is 9.84 Å². The van der Waals surface area contributed by atoms with Gasteiger partial charge in [0.2, 0.25) is 5.91 Å².